The summed E-state index contributed by atoms with van der Waals surface area (Å²) < 4.78 is 1.11. The number of carbonyl (C=O) groups excluding carboxylic acids is 1. The monoisotopic (exact) mass is 403 g/mol. The van der Waals surface area contributed by atoms with Gasteiger partial charge in [0.2, 0.25) is 5.91 Å². The lowest BCUT2D eigenvalue weighted by molar-refractivity contribution is -0.120. The molecule has 0 bridgehead atoms. The molecule has 0 aliphatic rings. The standard InChI is InChI=1S/C15H18BrN3OS.ClH/c1-9-6-10(4-5-12(9)16)7-11-8-18-14(21-11)19-13(20)15(2,3)17;/h4-6,8H,7,17H2,1-3H3,(H,18,19,20);1H. The highest BCUT2D eigenvalue weighted by molar-refractivity contribution is 9.10. The molecule has 0 saturated carbocycles. The smallest absolute Gasteiger partial charge is 0.245 e. The van der Waals surface area contributed by atoms with E-state index in [0.717, 1.165) is 15.8 Å². The molecule has 0 saturated heterocycles. The number of aryl methyl sites for hydroxylation is 1. The zero-order valence-corrected chi connectivity index (χ0v) is 15.9. The van der Waals surface area contributed by atoms with Gasteiger partial charge in [0.25, 0.3) is 0 Å². The van der Waals surface area contributed by atoms with Crippen LogP contribution < -0.4 is 11.1 Å². The number of hydrogen-bond acceptors (Lipinski definition) is 4. The number of carbonyl (C=O) groups is 1. The topological polar surface area (TPSA) is 68.0 Å². The van der Waals surface area contributed by atoms with Crippen LogP contribution in [0.25, 0.3) is 0 Å². The minimum absolute atomic E-state index is 0. The van der Waals surface area contributed by atoms with Gasteiger partial charge in [-0.05, 0) is 38.0 Å². The van der Waals surface area contributed by atoms with Gasteiger partial charge in [0.15, 0.2) is 5.13 Å². The van der Waals surface area contributed by atoms with E-state index in [2.05, 4.69) is 45.3 Å². The van der Waals surface area contributed by atoms with E-state index in [1.807, 2.05) is 6.07 Å². The molecular weight excluding hydrogens is 386 g/mol. The summed E-state index contributed by atoms with van der Waals surface area (Å²) in [7, 11) is 0. The molecule has 22 heavy (non-hydrogen) atoms. The Balaban J connectivity index is 0.00000242. The van der Waals surface area contributed by atoms with E-state index in [1.54, 1.807) is 20.0 Å². The molecule has 3 N–H and O–H groups in total. The number of nitrogens with zero attached hydrogens (tertiary/aromatic N) is 1. The third-order valence-corrected chi connectivity index (χ3v) is 4.76. The third kappa shape index (κ3) is 5.05. The van der Waals surface area contributed by atoms with Crippen LogP contribution in [0.3, 0.4) is 0 Å². The fraction of sp³-hybridized carbons (Fsp3) is 0.333. The molecule has 1 aromatic heterocycles. The summed E-state index contributed by atoms with van der Waals surface area (Å²) in [4.78, 5) is 17.1. The van der Waals surface area contributed by atoms with E-state index >= 15 is 0 Å². The lowest BCUT2D eigenvalue weighted by Crippen LogP contribution is -2.45. The van der Waals surface area contributed by atoms with E-state index in [0.29, 0.717) is 5.13 Å². The van der Waals surface area contributed by atoms with Gasteiger partial charge < -0.3 is 11.1 Å². The maximum absolute atomic E-state index is 11.8. The molecule has 2 aromatic rings. The molecule has 0 aliphatic heterocycles. The van der Waals surface area contributed by atoms with Crippen LogP contribution in [0.2, 0.25) is 0 Å². The Hall–Kier alpha value is -0.950. The third-order valence-electron chi connectivity index (χ3n) is 2.96. The Morgan fingerprint density at radius 2 is 2.14 bits per heavy atom. The molecule has 0 unspecified atom stereocenters. The highest BCUT2D eigenvalue weighted by Crippen LogP contribution is 2.24. The van der Waals surface area contributed by atoms with Crippen molar-refractivity contribution >= 4 is 50.7 Å². The van der Waals surface area contributed by atoms with Crippen LogP contribution in [-0.4, -0.2) is 16.4 Å². The van der Waals surface area contributed by atoms with Crippen LogP contribution in [0.1, 0.15) is 29.9 Å². The van der Waals surface area contributed by atoms with Gasteiger partial charge in [0, 0.05) is 22.0 Å². The maximum atomic E-state index is 11.8. The highest BCUT2D eigenvalue weighted by atomic mass is 79.9. The molecule has 1 aromatic carbocycles. The summed E-state index contributed by atoms with van der Waals surface area (Å²) in [5.41, 5.74) is 7.26. The van der Waals surface area contributed by atoms with Crippen LogP contribution in [-0.2, 0) is 11.2 Å². The van der Waals surface area contributed by atoms with Crippen molar-refractivity contribution in [3.8, 4) is 0 Å². The molecule has 1 heterocycles. The molecule has 0 radical (unpaired) electrons. The molecule has 0 spiro atoms. The molecule has 2 rings (SSSR count). The lowest BCUT2D eigenvalue weighted by Gasteiger charge is -2.16. The van der Waals surface area contributed by atoms with Gasteiger partial charge in [-0.15, -0.1) is 23.7 Å². The normalized spacial score (nSPS) is 11.0. The summed E-state index contributed by atoms with van der Waals surface area (Å²) in [6, 6.07) is 6.27. The van der Waals surface area contributed by atoms with Gasteiger partial charge in [-0.1, -0.05) is 28.1 Å². The van der Waals surface area contributed by atoms with E-state index in [-0.39, 0.29) is 18.3 Å². The number of aromatic nitrogens is 1. The van der Waals surface area contributed by atoms with Crippen molar-refractivity contribution in [1.82, 2.24) is 4.98 Å². The molecule has 7 heteroatoms. The summed E-state index contributed by atoms with van der Waals surface area (Å²) >= 11 is 4.97. The average molecular weight is 405 g/mol. The first-order valence-corrected chi connectivity index (χ1v) is 8.17. The maximum Gasteiger partial charge on any atom is 0.245 e. The van der Waals surface area contributed by atoms with Crippen molar-refractivity contribution in [1.29, 1.82) is 0 Å². The molecule has 0 aliphatic carbocycles. The minimum Gasteiger partial charge on any atom is -0.318 e. The van der Waals surface area contributed by atoms with Gasteiger partial charge in [-0.3, -0.25) is 4.79 Å². The fourth-order valence-corrected chi connectivity index (χ4v) is 2.81. The number of hydrogen-bond donors (Lipinski definition) is 2. The minimum atomic E-state index is -0.908. The van der Waals surface area contributed by atoms with Crippen LogP contribution in [0.4, 0.5) is 5.13 Å². The van der Waals surface area contributed by atoms with E-state index in [1.165, 1.54) is 22.5 Å². The van der Waals surface area contributed by atoms with Crippen molar-refractivity contribution in [2.45, 2.75) is 32.7 Å². The SMILES string of the molecule is Cc1cc(Cc2cnc(NC(=O)C(C)(C)N)s2)ccc1Br.Cl. The van der Waals surface area contributed by atoms with Crippen molar-refractivity contribution in [2.24, 2.45) is 5.73 Å². The quantitative estimate of drug-likeness (QED) is 0.812. The molecule has 1 amide bonds. The van der Waals surface area contributed by atoms with Crippen molar-refractivity contribution in [3.63, 3.8) is 0 Å². The summed E-state index contributed by atoms with van der Waals surface area (Å²) in [6.45, 7) is 5.40. The lowest BCUT2D eigenvalue weighted by atomic mass is 10.1. The fourth-order valence-electron chi connectivity index (χ4n) is 1.72. The van der Waals surface area contributed by atoms with Crippen LogP contribution in [0, 0.1) is 6.92 Å². The molecule has 120 valence electrons. The number of halogens is 2. The summed E-state index contributed by atoms with van der Waals surface area (Å²) in [5.74, 6) is -0.233. The number of nitrogens with one attached hydrogen (secondary N) is 1. The van der Waals surface area contributed by atoms with Gasteiger partial charge in [-0.2, -0.15) is 0 Å². The molecule has 4 nitrogen and oxygen atoms in total. The number of thiazole rings is 1. The number of nitrogens with two attached hydrogens (primary N) is 1. The second kappa shape index (κ2) is 7.55. The predicted octanol–water partition coefficient (Wildman–Crippen LogP) is 3.90. The van der Waals surface area contributed by atoms with Crippen molar-refractivity contribution in [3.05, 3.63) is 44.9 Å². The van der Waals surface area contributed by atoms with Crippen LogP contribution in [0.15, 0.2) is 28.9 Å². The van der Waals surface area contributed by atoms with Crippen molar-refractivity contribution in [2.75, 3.05) is 5.32 Å². The Kier molecular flexibility index (Phi) is 6.55. The van der Waals surface area contributed by atoms with Crippen LogP contribution in [0.5, 0.6) is 0 Å². The molecular formula is C15H19BrClN3OS. The largest absolute Gasteiger partial charge is 0.318 e. The second-order valence-corrected chi connectivity index (χ2v) is 7.54. The van der Waals surface area contributed by atoms with E-state index in [4.69, 9.17) is 5.73 Å². The first-order chi connectivity index (χ1) is 9.75. The second-order valence-electron chi connectivity index (χ2n) is 5.57. The average Bonchev–Trinajstić information content (AvgIpc) is 2.80. The predicted molar refractivity (Wildman–Crippen MR) is 97.9 cm³/mol. The first kappa shape index (κ1) is 19.1. The molecule has 0 fully saturated rings. The Bertz CT molecular complexity index is 667. The highest BCUT2D eigenvalue weighted by Gasteiger charge is 2.22. The Morgan fingerprint density at radius 1 is 1.45 bits per heavy atom. The first-order valence-electron chi connectivity index (χ1n) is 6.56. The number of amides is 1. The van der Waals surface area contributed by atoms with Gasteiger partial charge in [-0.25, -0.2) is 4.98 Å². The summed E-state index contributed by atoms with van der Waals surface area (Å²) in [5, 5.41) is 3.33. The Morgan fingerprint density at radius 3 is 2.73 bits per heavy atom. The zero-order valence-electron chi connectivity index (χ0n) is 12.6. The van der Waals surface area contributed by atoms with Crippen LogP contribution >= 0.6 is 39.7 Å². The van der Waals surface area contributed by atoms with Gasteiger partial charge >= 0.3 is 0 Å². The zero-order chi connectivity index (χ0) is 15.6. The number of benzene rings is 1. The van der Waals surface area contributed by atoms with Gasteiger partial charge in [0.1, 0.15) is 0 Å². The van der Waals surface area contributed by atoms with Crippen molar-refractivity contribution < 1.29 is 4.79 Å². The number of anilines is 1. The summed E-state index contributed by atoms with van der Waals surface area (Å²) in [6.07, 6.45) is 2.59. The molecule has 0 atom stereocenters. The Labute approximate surface area is 149 Å². The van der Waals surface area contributed by atoms with E-state index < -0.39 is 5.54 Å². The number of rotatable bonds is 4. The van der Waals surface area contributed by atoms with E-state index in [9.17, 15) is 4.79 Å². The van der Waals surface area contributed by atoms with Gasteiger partial charge in [0.05, 0.1) is 5.54 Å².